The number of nitrogens with one attached hydrogen (secondary N) is 2. The summed E-state index contributed by atoms with van der Waals surface area (Å²) in [6.45, 7) is 0.230. The van der Waals surface area contributed by atoms with Crippen molar-refractivity contribution in [3.8, 4) is 5.75 Å². The maximum Gasteiger partial charge on any atom is 0.387 e. The minimum atomic E-state index is -2.87. The van der Waals surface area contributed by atoms with Gasteiger partial charge in [-0.2, -0.15) is 8.78 Å². The molecular formula is C16H20F2N4O3. The first kappa shape index (κ1) is 18.7. The van der Waals surface area contributed by atoms with Crippen LogP contribution in [0.3, 0.4) is 0 Å². The number of halogens is 2. The molecule has 1 aromatic heterocycles. The maximum absolute atomic E-state index is 12.1. The summed E-state index contributed by atoms with van der Waals surface area (Å²) in [6.07, 6.45) is 0.632. The second kappa shape index (κ2) is 9.58. The highest BCUT2D eigenvalue weighted by Gasteiger charge is 2.10. The summed E-state index contributed by atoms with van der Waals surface area (Å²) >= 11 is 0. The van der Waals surface area contributed by atoms with Gasteiger partial charge in [-0.15, -0.1) is 0 Å². The van der Waals surface area contributed by atoms with Crippen LogP contribution in [0.1, 0.15) is 24.3 Å². The van der Waals surface area contributed by atoms with Gasteiger partial charge in [-0.25, -0.2) is 4.99 Å². The zero-order valence-electron chi connectivity index (χ0n) is 13.7. The van der Waals surface area contributed by atoms with E-state index >= 15 is 0 Å². The predicted octanol–water partition coefficient (Wildman–Crippen LogP) is 2.06. The van der Waals surface area contributed by atoms with Crippen LogP contribution in [0.15, 0.2) is 46.1 Å². The Morgan fingerprint density at radius 3 is 2.64 bits per heavy atom. The van der Waals surface area contributed by atoms with E-state index in [1.54, 1.807) is 6.07 Å². The fourth-order valence-electron chi connectivity index (χ4n) is 2.00. The van der Waals surface area contributed by atoms with Crippen LogP contribution in [-0.4, -0.2) is 35.9 Å². The van der Waals surface area contributed by atoms with E-state index in [-0.39, 0.29) is 12.3 Å². The Balaban J connectivity index is 1.89. The highest BCUT2D eigenvalue weighted by atomic mass is 19.3. The summed E-state index contributed by atoms with van der Waals surface area (Å²) in [5, 5.41) is 20.0. The van der Waals surface area contributed by atoms with Gasteiger partial charge in [0, 0.05) is 19.2 Å². The van der Waals surface area contributed by atoms with Crippen LogP contribution in [0.4, 0.5) is 8.78 Å². The van der Waals surface area contributed by atoms with Gasteiger partial charge in [0.2, 0.25) is 0 Å². The molecule has 136 valence electrons. The third kappa shape index (κ3) is 6.38. The van der Waals surface area contributed by atoms with Crippen molar-refractivity contribution in [3.05, 3.63) is 47.9 Å². The van der Waals surface area contributed by atoms with Crippen molar-refractivity contribution in [2.45, 2.75) is 26.2 Å². The van der Waals surface area contributed by atoms with Crippen LogP contribution in [0.5, 0.6) is 5.75 Å². The van der Waals surface area contributed by atoms with E-state index in [1.165, 1.54) is 30.5 Å². The quantitative estimate of drug-likeness (QED) is 0.496. The highest BCUT2D eigenvalue weighted by molar-refractivity contribution is 5.79. The van der Waals surface area contributed by atoms with Gasteiger partial charge < -0.3 is 25.0 Å². The largest absolute Gasteiger partial charge is 0.435 e. The van der Waals surface area contributed by atoms with Gasteiger partial charge in [0.15, 0.2) is 5.96 Å². The normalized spacial score (nSPS) is 12.9. The molecule has 0 aliphatic carbocycles. The van der Waals surface area contributed by atoms with Crippen molar-refractivity contribution in [3.63, 3.8) is 0 Å². The average molecular weight is 354 g/mol. The van der Waals surface area contributed by atoms with Crippen molar-refractivity contribution < 1.29 is 23.1 Å². The van der Waals surface area contributed by atoms with Crippen LogP contribution >= 0.6 is 0 Å². The Morgan fingerprint density at radius 2 is 2.04 bits per heavy atom. The predicted molar refractivity (Wildman–Crippen MR) is 87.4 cm³/mol. The molecule has 2 aromatic rings. The molecule has 0 saturated heterocycles. The molecule has 25 heavy (non-hydrogen) atoms. The molecular weight excluding hydrogens is 334 g/mol. The van der Waals surface area contributed by atoms with Crippen LogP contribution in [0.2, 0.25) is 0 Å². The number of rotatable bonds is 8. The number of nitrogens with zero attached hydrogens (tertiary/aromatic N) is 2. The number of ether oxygens (including phenoxy) is 1. The lowest BCUT2D eigenvalue weighted by atomic mass is 10.1. The second-order valence-electron chi connectivity index (χ2n) is 5.03. The molecule has 1 atom stereocenters. The molecule has 0 bridgehead atoms. The molecule has 1 heterocycles. The summed E-state index contributed by atoms with van der Waals surface area (Å²) in [4.78, 5) is 4.33. The molecule has 7 nitrogen and oxygen atoms in total. The molecule has 0 saturated carbocycles. The van der Waals surface area contributed by atoms with Crippen molar-refractivity contribution >= 4 is 5.96 Å². The molecule has 1 aromatic carbocycles. The summed E-state index contributed by atoms with van der Waals surface area (Å²) in [6, 6.07) is 7.54. The van der Waals surface area contributed by atoms with Gasteiger partial charge in [0.05, 0.1) is 12.6 Å². The van der Waals surface area contributed by atoms with Gasteiger partial charge in [-0.3, -0.25) is 0 Å². The third-order valence-electron chi connectivity index (χ3n) is 3.19. The van der Waals surface area contributed by atoms with E-state index in [1.807, 2.05) is 6.92 Å². The first-order valence-corrected chi connectivity index (χ1v) is 7.72. The lowest BCUT2D eigenvalue weighted by molar-refractivity contribution is -0.0498. The van der Waals surface area contributed by atoms with Crippen LogP contribution < -0.4 is 15.4 Å². The molecule has 0 aliphatic rings. The highest BCUT2D eigenvalue weighted by Crippen LogP contribution is 2.18. The number of aliphatic hydroxyl groups is 1. The lowest BCUT2D eigenvalue weighted by Crippen LogP contribution is -2.39. The number of hydrogen-bond acceptors (Lipinski definition) is 5. The van der Waals surface area contributed by atoms with Crippen molar-refractivity contribution in [1.29, 1.82) is 0 Å². The second-order valence-corrected chi connectivity index (χ2v) is 5.03. The van der Waals surface area contributed by atoms with E-state index in [0.29, 0.717) is 30.3 Å². The van der Waals surface area contributed by atoms with Crippen molar-refractivity contribution in [2.24, 2.45) is 4.99 Å². The van der Waals surface area contributed by atoms with Crippen LogP contribution in [0, 0.1) is 0 Å². The number of alkyl halides is 2. The first-order valence-electron chi connectivity index (χ1n) is 7.72. The zero-order chi connectivity index (χ0) is 18.1. The van der Waals surface area contributed by atoms with Gasteiger partial charge in [0.1, 0.15) is 17.7 Å². The fourth-order valence-corrected chi connectivity index (χ4v) is 2.00. The molecule has 0 fully saturated rings. The van der Waals surface area contributed by atoms with E-state index in [9.17, 15) is 13.9 Å². The molecule has 1 unspecified atom stereocenters. The third-order valence-corrected chi connectivity index (χ3v) is 3.19. The maximum atomic E-state index is 12.1. The van der Waals surface area contributed by atoms with Crippen molar-refractivity contribution in [1.82, 2.24) is 15.8 Å². The first-order chi connectivity index (χ1) is 12.1. The fraction of sp³-hybridized carbons (Fsp3) is 0.375. The summed E-state index contributed by atoms with van der Waals surface area (Å²) < 4.78 is 33.3. The van der Waals surface area contributed by atoms with E-state index in [0.717, 1.165) is 0 Å². The van der Waals surface area contributed by atoms with E-state index < -0.39 is 12.7 Å². The summed E-state index contributed by atoms with van der Waals surface area (Å²) in [5.41, 5.74) is 1.26. The number of aromatic nitrogens is 1. The molecule has 9 heteroatoms. The molecule has 2 rings (SSSR count). The average Bonchev–Trinajstić information content (AvgIpc) is 3.10. The smallest absolute Gasteiger partial charge is 0.387 e. The number of benzene rings is 1. The van der Waals surface area contributed by atoms with E-state index in [2.05, 4.69) is 25.5 Å². The molecule has 0 radical (unpaired) electrons. The Hall–Kier alpha value is -2.68. The Morgan fingerprint density at radius 1 is 1.28 bits per heavy atom. The van der Waals surface area contributed by atoms with Crippen LogP contribution in [0.25, 0.3) is 0 Å². The monoisotopic (exact) mass is 354 g/mol. The number of guanidine groups is 1. The minimum Gasteiger partial charge on any atom is -0.435 e. The summed E-state index contributed by atoms with van der Waals surface area (Å²) in [7, 11) is 0. The van der Waals surface area contributed by atoms with Crippen LogP contribution in [-0.2, 0) is 6.54 Å². The van der Waals surface area contributed by atoms with Crippen molar-refractivity contribution in [2.75, 3.05) is 13.1 Å². The van der Waals surface area contributed by atoms with Gasteiger partial charge >= 0.3 is 6.61 Å². The minimum absolute atomic E-state index is 0.0430. The topological polar surface area (TPSA) is 91.9 Å². The molecule has 0 amide bonds. The number of hydrogen-bond donors (Lipinski definition) is 3. The Kier molecular flexibility index (Phi) is 7.15. The SMILES string of the molecule is CCNC(=NCc1ccon1)NCC(O)c1ccc(OC(F)F)cc1. The molecule has 0 spiro atoms. The molecule has 0 aliphatic heterocycles. The number of aliphatic imine (C=N–C) groups is 1. The van der Waals surface area contributed by atoms with Gasteiger partial charge in [-0.05, 0) is 24.6 Å². The summed E-state index contributed by atoms with van der Waals surface area (Å²) in [5.74, 6) is 0.559. The van der Waals surface area contributed by atoms with E-state index in [4.69, 9.17) is 4.52 Å². The van der Waals surface area contributed by atoms with Gasteiger partial charge in [-0.1, -0.05) is 17.3 Å². The van der Waals surface area contributed by atoms with Gasteiger partial charge in [0.25, 0.3) is 0 Å². The zero-order valence-corrected chi connectivity index (χ0v) is 13.7. The Bertz CT molecular complexity index is 648. The Labute approximate surface area is 143 Å². The lowest BCUT2D eigenvalue weighted by Gasteiger charge is -2.16. The standard InChI is InChI=1S/C16H20F2N4O3/c1-2-19-16(20-9-12-7-8-24-22-12)21-10-14(23)11-3-5-13(6-4-11)25-15(17)18/h3-8,14-15,23H,2,9-10H2,1H3,(H2,19,20,21). The molecule has 3 N–H and O–H groups in total. The number of aliphatic hydroxyl groups excluding tert-OH is 1.